The van der Waals surface area contributed by atoms with Crippen molar-refractivity contribution >= 4 is 11.1 Å². The summed E-state index contributed by atoms with van der Waals surface area (Å²) in [7, 11) is 0. The minimum atomic E-state index is 1.16. The van der Waals surface area contributed by atoms with E-state index in [2.05, 4.69) is 62.4 Å². The summed E-state index contributed by atoms with van der Waals surface area (Å²) in [5.74, 6) is 0. The maximum Gasteiger partial charge on any atom is -0.00551 e. The van der Waals surface area contributed by atoms with Gasteiger partial charge in [0.05, 0.1) is 0 Å². The van der Waals surface area contributed by atoms with Gasteiger partial charge in [-0.05, 0) is 71.9 Å². The summed E-state index contributed by atoms with van der Waals surface area (Å²) in [6.45, 7) is 4.62. The van der Waals surface area contributed by atoms with E-state index in [1.807, 2.05) is 0 Å². The Balaban J connectivity index is 1.63. The highest BCUT2D eigenvalue weighted by molar-refractivity contribution is 5.81. The molecule has 2 aromatic rings. The standard InChI is InChI=1S/C24H26/c1-3-17-15-19-9-5-7-11-21(19)23(17)13-14-24-18(4-2)16-20-10-6-8-12-22(20)24/h5-12H,3-4,13-16H2,1-2H3. The molecule has 24 heavy (non-hydrogen) atoms. The third-order valence-electron chi connectivity index (χ3n) is 5.82. The molecular weight excluding hydrogens is 288 g/mol. The summed E-state index contributed by atoms with van der Waals surface area (Å²) < 4.78 is 0. The fourth-order valence-electron chi connectivity index (χ4n) is 4.54. The van der Waals surface area contributed by atoms with E-state index in [9.17, 15) is 0 Å². The number of benzene rings is 2. The summed E-state index contributed by atoms with van der Waals surface area (Å²) in [5, 5.41) is 0. The maximum absolute atomic E-state index is 2.32. The van der Waals surface area contributed by atoms with Gasteiger partial charge in [0.25, 0.3) is 0 Å². The zero-order valence-corrected chi connectivity index (χ0v) is 14.9. The van der Waals surface area contributed by atoms with Crippen molar-refractivity contribution in [2.45, 2.75) is 52.4 Å². The third kappa shape index (κ3) is 2.55. The van der Waals surface area contributed by atoms with Crippen LogP contribution in [0.25, 0.3) is 11.1 Å². The van der Waals surface area contributed by atoms with Crippen molar-refractivity contribution in [3.8, 4) is 0 Å². The molecule has 0 bridgehead atoms. The number of allylic oxidation sites excluding steroid dienone is 4. The van der Waals surface area contributed by atoms with Crippen molar-refractivity contribution in [1.29, 1.82) is 0 Å². The predicted octanol–water partition coefficient (Wildman–Crippen LogP) is 6.61. The van der Waals surface area contributed by atoms with Gasteiger partial charge in [-0.25, -0.2) is 0 Å². The number of hydrogen-bond acceptors (Lipinski definition) is 0. The van der Waals surface area contributed by atoms with Crippen molar-refractivity contribution in [3.63, 3.8) is 0 Å². The van der Waals surface area contributed by atoms with Gasteiger partial charge in [0.2, 0.25) is 0 Å². The van der Waals surface area contributed by atoms with Gasteiger partial charge in [0.15, 0.2) is 0 Å². The van der Waals surface area contributed by atoms with Crippen LogP contribution in [0, 0.1) is 0 Å². The molecule has 0 nitrogen and oxygen atoms in total. The average Bonchev–Trinajstić information content (AvgIpc) is 3.17. The maximum atomic E-state index is 2.32. The van der Waals surface area contributed by atoms with E-state index in [1.54, 1.807) is 22.3 Å². The molecule has 0 saturated heterocycles. The third-order valence-corrected chi connectivity index (χ3v) is 5.82. The second-order valence-corrected chi connectivity index (χ2v) is 7.04. The summed E-state index contributed by atoms with van der Waals surface area (Å²) in [6, 6.07) is 18.0. The van der Waals surface area contributed by atoms with Gasteiger partial charge in [-0.3, -0.25) is 0 Å². The van der Waals surface area contributed by atoms with Crippen molar-refractivity contribution in [2.24, 2.45) is 0 Å². The van der Waals surface area contributed by atoms with E-state index in [4.69, 9.17) is 0 Å². The fourth-order valence-corrected chi connectivity index (χ4v) is 4.54. The van der Waals surface area contributed by atoms with Gasteiger partial charge in [-0.15, -0.1) is 0 Å². The second kappa shape index (κ2) is 6.43. The Hall–Kier alpha value is -2.08. The zero-order chi connectivity index (χ0) is 16.5. The Morgan fingerprint density at radius 1 is 0.625 bits per heavy atom. The van der Waals surface area contributed by atoms with Gasteiger partial charge >= 0.3 is 0 Å². The van der Waals surface area contributed by atoms with Crippen LogP contribution >= 0.6 is 0 Å². The molecule has 0 radical (unpaired) electrons. The zero-order valence-electron chi connectivity index (χ0n) is 14.9. The molecule has 2 aromatic carbocycles. The molecule has 4 rings (SSSR count). The van der Waals surface area contributed by atoms with E-state index in [0.29, 0.717) is 0 Å². The van der Waals surface area contributed by atoms with Crippen LogP contribution in [-0.2, 0) is 12.8 Å². The molecular formula is C24H26. The Bertz CT molecular complexity index is 761. The Morgan fingerprint density at radius 2 is 1.04 bits per heavy atom. The first-order valence-electron chi connectivity index (χ1n) is 9.40. The molecule has 0 atom stereocenters. The highest BCUT2D eigenvalue weighted by Gasteiger charge is 2.23. The molecule has 0 N–H and O–H groups in total. The van der Waals surface area contributed by atoms with Crippen molar-refractivity contribution in [2.75, 3.05) is 0 Å². The van der Waals surface area contributed by atoms with E-state index in [1.165, 1.54) is 47.9 Å². The topological polar surface area (TPSA) is 0 Å². The number of fused-ring (bicyclic) bond motifs is 2. The number of hydrogen-bond donors (Lipinski definition) is 0. The summed E-state index contributed by atoms with van der Waals surface area (Å²) in [6.07, 6.45) is 7.07. The normalized spacial score (nSPS) is 15.9. The second-order valence-electron chi connectivity index (χ2n) is 7.04. The van der Waals surface area contributed by atoms with Crippen LogP contribution in [0.3, 0.4) is 0 Å². The first-order valence-corrected chi connectivity index (χ1v) is 9.40. The highest BCUT2D eigenvalue weighted by Crippen LogP contribution is 2.42. The molecule has 0 fully saturated rings. The summed E-state index contributed by atoms with van der Waals surface area (Å²) in [4.78, 5) is 0. The molecule has 2 aliphatic carbocycles. The van der Waals surface area contributed by atoms with Crippen molar-refractivity contribution in [1.82, 2.24) is 0 Å². The molecule has 122 valence electrons. The van der Waals surface area contributed by atoms with Gasteiger partial charge in [0.1, 0.15) is 0 Å². The summed E-state index contributed by atoms with van der Waals surface area (Å²) >= 11 is 0. The SMILES string of the molecule is CCC1=C(CCC2=C(CC)Cc3ccccc32)c2ccccc2C1. The molecule has 0 amide bonds. The van der Waals surface area contributed by atoms with E-state index in [-0.39, 0.29) is 0 Å². The Morgan fingerprint density at radius 3 is 1.46 bits per heavy atom. The van der Waals surface area contributed by atoms with Gasteiger partial charge in [-0.2, -0.15) is 0 Å². The van der Waals surface area contributed by atoms with Gasteiger partial charge < -0.3 is 0 Å². The lowest BCUT2D eigenvalue weighted by atomic mass is 9.93. The minimum Gasteiger partial charge on any atom is -0.0623 e. The highest BCUT2D eigenvalue weighted by atomic mass is 14.3. The molecule has 2 aliphatic rings. The number of rotatable bonds is 5. The molecule has 0 saturated carbocycles. The van der Waals surface area contributed by atoms with Crippen LogP contribution in [0.4, 0.5) is 0 Å². The average molecular weight is 314 g/mol. The molecule has 0 spiro atoms. The Labute approximate surface area is 145 Å². The van der Waals surface area contributed by atoms with Crippen LogP contribution < -0.4 is 0 Å². The first-order chi connectivity index (χ1) is 11.8. The predicted molar refractivity (Wildman–Crippen MR) is 104 cm³/mol. The van der Waals surface area contributed by atoms with Crippen LogP contribution in [0.15, 0.2) is 59.7 Å². The fraction of sp³-hybridized carbons (Fsp3) is 0.333. The minimum absolute atomic E-state index is 1.16. The quantitative estimate of drug-likeness (QED) is 0.582. The molecule has 0 aromatic heterocycles. The lowest BCUT2D eigenvalue weighted by Gasteiger charge is -2.11. The van der Waals surface area contributed by atoms with Crippen molar-refractivity contribution in [3.05, 3.63) is 81.9 Å². The van der Waals surface area contributed by atoms with E-state index >= 15 is 0 Å². The smallest absolute Gasteiger partial charge is 0.00551 e. The van der Waals surface area contributed by atoms with Crippen LogP contribution in [0.5, 0.6) is 0 Å². The monoisotopic (exact) mass is 314 g/mol. The van der Waals surface area contributed by atoms with Crippen molar-refractivity contribution < 1.29 is 0 Å². The van der Waals surface area contributed by atoms with Gasteiger partial charge in [-0.1, -0.05) is 73.5 Å². The largest absolute Gasteiger partial charge is 0.0623 e. The van der Waals surface area contributed by atoms with E-state index in [0.717, 1.165) is 12.8 Å². The molecule has 0 heteroatoms. The van der Waals surface area contributed by atoms with Crippen LogP contribution in [0.1, 0.15) is 61.8 Å². The molecule has 0 unspecified atom stereocenters. The van der Waals surface area contributed by atoms with Gasteiger partial charge in [0, 0.05) is 0 Å². The lowest BCUT2D eigenvalue weighted by molar-refractivity contribution is 0.991. The first kappa shape index (κ1) is 15.4. The van der Waals surface area contributed by atoms with Crippen LogP contribution in [-0.4, -0.2) is 0 Å². The van der Waals surface area contributed by atoms with E-state index < -0.39 is 0 Å². The lowest BCUT2D eigenvalue weighted by Crippen LogP contribution is -1.90. The molecule has 0 heterocycles. The Kier molecular flexibility index (Phi) is 4.14. The van der Waals surface area contributed by atoms with Crippen LogP contribution in [0.2, 0.25) is 0 Å². The summed E-state index contributed by atoms with van der Waals surface area (Å²) in [5.41, 5.74) is 12.6. The molecule has 0 aliphatic heterocycles.